The topological polar surface area (TPSA) is 223 Å². The fourth-order valence-electron chi connectivity index (χ4n) is 4.88. The van der Waals surface area contributed by atoms with E-state index in [0.29, 0.717) is 38.8 Å². The van der Waals surface area contributed by atoms with E-state index >= 15 is 0 Å². The number of hydrogen-bond donors (Lipinski definition) is 6. The normalized spacial score (nSPS) is 14.3. The molecule has 14 nitrogen and oxygen atoms in total. The van der Waals surface area contributed by atoms with Gasteiger partial charge in [-0.05, 0) is 91.6 Å². The van der Waals surface area contributed by atoms with Gasteiger partial charge in [-0.15, -0.1) is 0 Å². The van der Waals surface area contributed by atoms with Crippen molar-refractivity contribution in [2.24, 2.45) is 17.1 Å². The Bertz CT molecular complexity index is 1180. The molecule has 0 bridgehead atoms. The van der Waals surface area contributed by atoms with Crippen molar-refractivity contribution in [3.63, 3.8) is 0 Å². The van der Waals surface area contributed by atoms with Crippen LogP contribution in [0.4, 0.5) is 0 Å². The van der Waals surface area contributed by atoms with Crippen molar-refractivity contribution in [3.8, 4) is 0 Å². The molecule has 0 aromatic rings. The summed E-state index contributed by atoms with van der Waals surface area (Å²) in [5, 5.41) is 26.3. The number of ketones is 1. The Balaban J connectivity index is 4.35. The Morgan fingerprint density at radius 2 is 1.35 bits per heavy atom. The molecular formula is C37H66N4O10. The average Bonchev–Trinajstić information content (AvgIpc) is 3.04. The summed E-state index contributed by atoms with van der Waals surface area (Å²) in [5.74, 6) is -4.39. The number of carbonyl (C=O) groups is 6. The maximum absolute atomic E-state index is 12.7. The van der Waals surface area contributed by atoms with Gasteiger partial charge >= 0.3 is 11.9 Å². The number of carboxylic acid groups (broad SMARTS) is 2. The van der Waals surface area contributed by atoms with Crippen LogP contribution in [-0.4, -0.2) is 95.2 Å². The molecule has 294 valence electrons. The van der Waals surface area contributed by atoms with E-state index in [1.807, 2.05) is 61.5 Å². The number of amides is 3. The first-order chi connectivity index (χ1) is 23.6. The van der Waals surface area contributed by atoms with Gasteiger partial charge in [0.25, 0.3) is 0 Å². The van der Waals surface area contributed by atoms with Gasteiger partial charge in [-0.3, -0.25) is 24.0 Å². The lowest BCUT2D eigenvalue weighted by Crippen LogP contribution is -2.49. The van der Waals surface area contributed by atoms with Crippen molar-refractivity contribution in [2.75, 3.05) is 26.3 Å². The zero-order valence-corrected chi connectivity index (χ0v) is 32.4. The molecule has 3 atom stereocenters. The molecule has 0 rings (SSSR count). The van der Waals surface area contributed by atoms with Crippen molar-refractivity contribution in [3.05, 3.63) is 11.6 Å². The van der Waals surface area contributed by atoms with Crippen LogP contribution in [0.1, 0.15) is 127 Å². The van der Waals surface area contributed by atoms with E-state index in [1.54, 1.807) is 0 Å². The number of ether oxygens (including phenoxy) is 2. The molecule has 7 N–H and O–H groups in total. The van der Waals surface area contributed by atoms with Crippen LogP contribution >= 0.6 is 0 Å². The summed E-state index contributed by atoms with van der Waals surface area (Å²) >= 11 is 0. The molecule has 0 aliphatic rings. The van der Waals surface area contributed by atoms with Gasteiger partial charge in [0.05, 0.1) is 36.4 Å². The standard InChI is InChI=1S/C37H66N4O10/c1-10-26(31(44)35(4,5)11-2)14-12-13-20-39-30(43)17-18-36(6,7)50-22-19-37(8,9)51-23-21-40-29(42)16-15-28(34(48)49)41-32(45)27(38)24-25(3)33(46)47/h10,25,27-28H,11-24,38H2,1-9H3,(H,39,43)(H,40,42)(H,41,45)(H,46,47)(H,48,49)/b26-10-/t25?,27?,28-/m0/s1. The lowest BCUT2D eigenvalue weighted by atomic mass is 9.80. The minimum absolute atomic E-state index is 0.0399. The Morgan fingerprint density at radius 3 is 1.92 bits per heavy atom. The zero-order chi connectivity index (χ0) is 39.4. The van der Waals surface area contributed by atoms with E-state index < -0.39 is 53.0 Å². The van der Waals surface area contributed by atoms with E-state index in [9.17, 15) is 33.9 Å². The van der Waals surface area contributed by atoms with E-state index in [0.717, 1.165) is 24.8 Å². The summed E-state index contributed by atoms with van der Waals surface area (Å²) in [7, 11) is 0. The van der Waals surface area contributed by atoms with Crippen LogP contribution in [0.5, 0.6) is 0 Å². The zero-order valence-electron chi connectivity index (χ0n) is 32.4. The molecule has 0 saturated carbocycles. The minimum atomic E-state index is -1.35. The number of unbranched alkanes of at least 4 members (excludes halogenated alkanes) is 1. The second-order valence-corrected chi connectivity index (χ2v) is 15.0. The first-order valence-electron chi connectivity index (χ1n) is 18.1. The van der Waals surface area contributed by atoms with Gasteiger partial charge in [-0.25, -0.2) is 4.79 Å². The third-order valence-corrected chi connectivity index (χ3v) is 9.04. The number of allylic oxidation sites excluding steroid dienone is 2. The predicted molar refractivity (Wildman–Crippen MR) is 195 cm³/mol. The molecule has 0 fully saturated rings. The number of carbonyl (C=O) groups excluding carboxylic acids is 4. The number of aliphatic carboxylic acids is 2. The molecule has 0 radical (unpaired) electrons. The number of rotatable bonds is 28. The highest BCUT2D eigenvalue weighted by Gasteiger charge is 2.28. The summed E-state index contributed by atoms with van der Waals surface area (Å²) in [6.07, 6.45) is 5.96. The largest absolute Gasteiger partial charge is 0.481 e. The lowest BCUT2D eigenvalue weighted by molar-refractivity contribution is -0.144. The average molecular weight is 727 g/mol. The van der Waals surface area contributed by atoms with E-state index in [1.165, 1.54) is 6.92 Å². The number of Topliss-reactive ketones (excluding diaryl/α,β-unsaturated/α-hetero) is 1. The van der Waals surface area contributed by atoms with Crippen LogP contribution in [0, 0.1) is 11.3 Å². The fourth-order valence-corrected chi connectivity index (χ4v) is 4.88. The van der Waals surface area contributed by atoms with Crippen LogP contribution in [0.25, 0.3) is 0 Å². The van der Waals surface area contributed by atoms with Crippen molar-refractivity contribution >= 4 is 35.4 Å². The first-order valence-corrected chi connectivity index (χ1v) is 18.1. The van der Waals surface area contributed by atoms with Gasteiger partial charge in [0.2, 0.25) is 17.7 Å². The summed E-state index contributed by atoms with van der Waals surface area (Å²) in [6.45, 7) is 18.3. The van der Waals surface area contributed by atoms with Crippen LogP contribution in [0.15, 0.2) is 11.6 Å². The number of nitrogens with two attached hydrogens (primary N) is 1. The molecule has 0 aliphatic heterocycles. The highest BCUT2D eigenvalue weighted by atomic mass is 16.5. The van der Waals surface area contributed by atoms with Gasteiger partial charge in [0, 0.05) is 31.3 Å². The van der Waals surface area contributed by atoms with Gasteiger partial charge in [-0.2, -0.15) is 0 Å². The quantitative estimate of drug-likeness (QED) is 0.0501. The highest BCUT2D eigenvalue weighted by Crippen LogP contribution is 2.27. The summed E-state index contributed by atoms with van der Waals surface area (Å²) < 4.78 is 12.0. The van der Waals surface area contributed by atoms with Gasteiger partial charge in [0.15, 0.2) is 5.78 Å². The van der Waals surface area contributed by atoms with E-state index in [4.69, 9.17) is 20.3 Å². The number of nitrogens with one attached hydrogen (secondary N) is 3. The molecule has 3 amide bonds. The first kappa shape index (κ1) is 47.6. The van der Waals surface area contributed by atoms with Crippen LogP contribution < -0.4 is 21.7 Å². The monoisotopic (exact) mass is 726 g/mol. The van der Waals surface area contributed by atoms with Crippen LogP contribution in [0.3, 0.4) is 0 Å². The Kier molecular flexibility index (Phi) is 21.7. The summed E-state index contributed by atoms with van der Waals surface area (Å²) in [6, 6.07) is -2.55. The number of carboxylic acids is 2. The van der Waals surface area contributed by atoms with Crippen molar-refractivity contribution in [1.29, 1.82) is 0 Å². The maximum atomic E-state index is 12.7. The Labute approximate surface area is 304 Å². The second-order valence-electron chi connectivity index (χ2n) is 15.0. The molecular weight excluding hydrogens is 660 g/mol. The smallest absolute Gasteiger partial charge is 0.326 e. The Morgan fingerprint density at radius 1 is 0.784 bits per heavy atom. The van der Waals surface area contributed by atoms with Crippen molar-refractivity contribution in [1.82, 2.24) is 16.0 Å². The van der Waals surface area contributed by atoms with Crippen LogP contribution in [0.2, 0.25) is 0 Å². The fraction of sp³-hybridized carbons (Fsp3) is 0.784. The second kappa shape index (κ2) is 23.3. The van der Waals surface area contributed by atoms with Gasteiger partial charge in [-0.1, -0.05) is 33.8 Å². The number of hydrogen-bond acceptors (Lipinski definition) is 9. The van der Waals surface area contributed by atoms with Gasteiger partial charge < -0.3 is 41.4 Å². The Hall–Kier alpha value is -3.36. The lowest BCUT2D eigenvalue weighted by Gasteiger charge is -2.29. The third-order valence-electron chi connectivity index (χ3n) is 9.04. The van der Waals surface area contributed by atoms with Crippen molar-refractivity contribution < 1.29 is 48.5 Å². The molecule has 0 saturated heterocycles. The molecule has 0 heterocycles. The molecule has 2 unspecified atom stereocenters. The third kappa shape index (κ3) is 20.9. The van der Waals surface area contributed by atoms with Crippen LogP contribution in [-0.2, 0) is 38.2 Å². The summed E-state index contributed by atoms with van der Waals surface area (Å²) in [4.78, 5) is 72.2. The van der Waals surface area contributed by atoms with E-state index in [-0.39, 0.29) is 49.5 Å². The highest BCUT2D eigenvalue weighted by molar-refractivity contribution is 5.99. The van der Waals surface area contributed by atoms with Gasteiger partial charge in [0.1, 0.15) is 6.04 Å². The molecule has 51 heavy (non-hydrogen) atoms. The minimum Gasteiger partial charge on any atom is -0.481 e. The molecule has 0 aromatic carbocycles. The maximum Gasteiger partial charge on any atom is 0.326 e. The van der Waals surface area contributed by atoms with E-state index in [2.05, 4.69) is 16.0 Å². The SMILES string of the molecule is C/C=C(/CCCCNC(=O)CCC(C)(C)OCCC(C)(C)OCCNC(=O)CC[C@H](NC(=O)C(N)CC(C)C(=O)O)C(=O)O)C(=O)C(C)(C)CC. The molecule has 0 spiro atoms. The molecule has 14 heteroatoms. The summed E-state index contributed by atoms with van der Waals surface area (Å²) in [5.41, 5.74) is 5.12. The molecule has 0 aromatic heterocycles. The predicted octanol–water partition coefficient (Wildman–Crippen LogP) is 3.89. The van der Waals surface area contributed by atoms with Crippen molar-refractivity contribution in [2.45, 2.75) is 150 Å². The molecule has 0 aliphatic carbocycles.